The zero-order chi connectivity index (χ0) is 14.8. The monoisotopic (exact) mass is 277 g/mol. The van der Waals surface area contributed by atoms with E-state index in [0.717, 1.165) is 24.5 Å². The summed E-state index contributed by atoms with van der Waals surface area (Å²) in [7, 11) is 1.71. The Balaban J connectivity index is 1.95. The molecule has 20 heavy (non-hydrogen) atoms. The summed E-state index contributed by atoms with van der Waals surface area (Å²) < 4.78 is 11.4. The van der Waals surface area contributed by atoms with Crippen LogP contribution in [0.4, 0.5) is 5.69 Å². The van der Waals surface area contributed by atoms with E-state index in [0.29, 0.717) is 18.1 Å². The summed E-state index contributed by atoms with van der Waals surface area (Å²) in [6, 6.07) is 8.50. The van der Waals surface area contributed by atoms with Crippen LogP contribution in [0.15, 0.2) is 24.3 Å². The van der Waals surface area contributed by atoms with E-state index in [9.17, 15) is 0 Å². The van der Waals surface area contributed by atoms with Crippen LogP contribution < -0.4 is 10.1 Å². The van der Waals surface area contributed by atoms with E-state index < -0.39 is 0 Å². The van der Waals surface area contributed by atoms with Crippen LogP contribution in [-0.4, -0.2) is 25.9 Å². The third kappa shape index (κ3) is 3.09. The molecule has 112 valence electrons. The van der Waals surface area contributed by atoms with E-state index in [1.54, 1.807) is 7.11 Å². The van der Waals surface area contributed by atoms with Crippen LogP contribution in [0.1, 0.15) is 34.1 Å². The van der Waals surface area contributed by atoms with Crippen LogP contribution in [0.2, 0.25) is 0 Å². The molecule has 0 saturated heterocycles. The van der Waals surface area contributed by atoms with Crippen molar-refractivity contribution in [1.29, 1.82) is 0 Å². The highest BCUT2D eigenvalue weighted by Crippen LogP contribution is 2.45. The van der Waals surface area contributed by atoms with Gasteiger partial charge in [-0.15, -0.1) is 0 Å². The van der Waals surface area contributed by atoms with Crippen molar-refractivity contribution in [1.82, 2.24) is 0 Å². The molecule has 0 aromatic heterocycles. The summed E-state index contributed by atoms with van der Waals surface area (Å²) >= 11 is 0. The van der Waals surface area contributed by atoms with E-state index >= 15 is 0 Å². The molecule has 3 heteroatoms. The lowest BCUT2D eigenvalue weighted by Gasteiger charge is -2.52. The highest BCUT2D eigenvalue weighted by molar-refractivity contribution is 5.57. The zero-order valence-corrected chi connectivity index (χ0v) is 13.3. The van der Waals surface area contributed by atoms with Gasteiger partial charge in [0.05, 0.1) is 18.9 Å². The second-order valence-electron chi connectivity index (χ2n) is 6.67. The van der Waals surface area contributed by atoms with E-state index in [4.69, 9.17) is 9.47 Å². The lowest BCUT2D eigenvalue weighted by atomic mass is 9.64. The predicted octanol–water partition coefficient (Wildman–Crippen LogP) is 3.95. The van der Waals surface area contributed by atoms with Crippen molar-refractivity contribution in [3.05, 3.63) is 24.3 Å². The topological polar surface area (TPSA) is 30.5 Å². The summed E-state index contributed by atoms with van der Waals surface area (Å²) in [6.45, 7) is 9.77. The van der Waals surface area contributed by atoms with Crippen LogP contribution in [0, 0.1) is 11.3 Å². The van der Waals surface area contributed by atoms with Crippen LogP contribution in [0.25, 0.3) is 0 Å². The van der Waals surface area contributed by atoms with Crippen molar-refractivity contribution in [3.8, 4) is 5.75 Å². The van der Waals surface area contributed by atoms with Gasteiger partial charge in [-0.25, -0.2) is 0 Å². The highest BCUT2D eigenvalue weighted by atomic mass is 16.5. The minimum absolute atomic E-state index is 0.149. The van der Waals surface area contributed by atoms with Gasteiger partial charge in [0.1, 0.15) is 5.75 Å². The van der Waals surface area contributed by atoms with Crippen molar-refractivity contribution >= 4 is 5.69 Å². The Labute approximate surface area is 122 Å². The third-order valence-corrected chi connectivity index (χ3v) is 4.25. The molecule has 2 unspecified atom stereocenters. The first-order chi connectivity index (χ1) is 9.45. The standard InChI is InChI=1S/C17H27NO2/c1-12(2)11-20-16-10-15(17(16,3)4)18-13-8-6-7-9-14(13)19-5/h6-9,12,15-16,18H,10-11H2,1-5H3. The molecule has 1 aliphatic rings. The first-order valence-corrected chi connectivity index (χ1v) is 7.46. The molecule has 0 radical (unpaired) electrons. The van der Waals surface area contributed by atoms with Crippen LogP contribution in [0.3, 0.4) is 0 Å². The van der Waals surface area contributed by atoms with Gasteiger partial charge in [-0.2, -0.15) is 0 Å². The molecule has 0 spiro atoms. The van der Waals surface area contributed by atoms with Gasteiger partial charge in [0.15, 0.2) is 0 Å². The molecule has 1 N–H and O–H groups in total. The minimum atomic E-state index is 0.149. The van der Waals surface area contributed by atoms with Gasteiger partial charge in [-0.1, -0.05) is 39.8 Å². The maximum Gasteiger partial charge on any atom is 0.141 e. The number of hydrogen-bond acceptors (Lipinski definition) is 3. The molecule has 0 heterocycles. The second-order valence-corrected chi connectivity index (χ2v) is 6.67. The number of rotatable bonds is 6. The smallest absolute Gasteiger partial charge is 0.141 e. The molecule has 0 aliphatic heterocycles. The number of methoxy groups -OCH3 is 1. The van der Waals surface area contributed by atoms with Gasteiger partial charge in [-0.3, -0.25) is 0 Å². The lowest BCUT2D eigenvalue weighted by molar-refractivity contribution is -0.108. The average Bonchev–Trinajstić information content (AvgIpc) is 2.42. The fraction of sp³-hybridized carbons (Fsp3) is 0.647. The molecule has 1 saturated carbocycles. The summed E-state index contributed by atoms with van der Waals surface area (Å²) in [4.78, 5) is 0. The number of benzene rings is 1. The third-order valence-electron chi connectivity index (χ3n) is 4.25. The van der Waals surface area contributed by atoms with Gasteiger partial charge < -0.3 is 14.8 Å². The first kappa shape index (κ1) is 15.2. The summed E-state index contributed by atoms with van der Waals surface area (Å²) in [5.41, 5.74) is 1.21. The number of anilines is 1. The lowest BCUT2D eigenvalue weighted by Crippen LogP contribution is -2.58. The Bertz CT molecular complexity index is 442. The summed E-state index contributed by atoms with van der Waals surface area (Å²) in [5, 5.41) is 3.60. The molecule has 0 bridgehead atoms. The van der Waals surface area contributed by atoms with Gasteiger partial charge in [-0.05, 0) is 24.5 Å². The molecule has 0 amide bonds. The Morgan fingerprint density at radius 2 is 2.00 bits per heavy atom. The minimum Gasteiger partial charge on any atom is -0.495 e. The molecule has 1 aromatic rings. The van der Waals surface area contributed by atoms with E-state index in [2.05, 4.69) is 39.1 Å². The van der Waals surface area contributed by atoms with E-state index in [1.807, 2.05) is 18.2 Å². The number of para-hydroxylation sites is 2. The Kier molecular flexibility index (Phi) is 4.59. The van der Waals surface area contributed by atoms with Gasteiger partial charge in [0, 0.05) is 18.1 Å². The van der Waals surface area contributed by atoms with Crippen molar-refractivity contribution in [2.24, 2.45) is 11.3 Å². The molecule has 1 aliphatic carbocycles. The largest absolute Gasteiger partial charge is 0.495 e. The molecular weight excluding hydrogens is 250 g/mol. The number of ether oxygens (including phenoxy) is 2. The molecule has 2 atom stereocenters. The van der Waals surface area contributed by atoms with Crippen LogP contribution in [0.5, 0.6) is 5.75 Å². The van der Waals surface area contributed by atoms with Crippen LogP contribution in [-0.2, 0) is 4.74 Å². The normalized spacial score (nSPS) is 24.3. The van der Waals surface area contributed by atoms with Crippen molar-refractivity contribution < 1.29 is 9.47 Å². The fourth-order valence-corrected chi connectivity index (χ4v) is 2.67. The molecule has 3 nitrogen and oxygen atoms in total. The number of hydrogen-bond donors (Lipinski definition) is 1. The molecular formula is C17H27NO2. The van der Waals surface area contributed by atoms with Crippen molar-refractivity contribution in [2.45, 2.75) is 46.3 Å². The maximum atomic E-state index is 6.01. The quantitative estimate of drug-likeness (QED) is 0.854. The second kappa shape index (κ2) is 6.04. The highest BCUT2D eigenvalue weighted by Gasteiger charge is 2.49. The maximum absolute atomic E-state index is 6.01. The van der Waals surface area contributed by atoms with Crippen LogP contribution >= 0.6 is 0 Å². The molecule has 1 fully saturated rings. The fourth-order valence-electron chi connectivity index (χ4n) is 2.67. The summed E-state index contributed by atoms with van der Waals surface area (Å²) in [6.07, 6.45) is 1.40. The average molecular weight is 277 g/mol. The van der Waals surface area contributed by atoms with E-state index in [-0.39, 0.29) is 5.41 Å². The van der Waals surface area contributed by atoms with Crippen molar-refractivity contribution in [2.75, 3.05) is 19.0 Å². The first-order valence-electron chi connectivity index (χ1n) is 7.46. The molecule has 2 rings (SSSR count). The predicted molar refractivity (Wildman–Crippen MR) is 83.4 cm³/mol. The van der Waals surface area contributed by atoms with Gasteiger partial charge in [0.2, 0.25) is 0 Å². The Hall–Kier alpha value is -1.22. The SMILES string of the molecule is COc1ccccc1NC1CC(OCC(C)C)C1(C)C. The summed E-state index contributed by atoms with van der Waals surface area (Å²) in [5.74, 6) is 1.49. The number of nitrogens with one attached hydrogen (secondary N) is 1. The van der Waals surface area contributed by atoms with Gasteiger partial charge in [0.25, 0.3) is 0 Å². The van der Waals surface area contributed by atoms with E-state index in [1.165, 1.54) is 0 Å². The Morgan fingerprint density at radius 3 is 2.60 bits per heavy atom. The molecule has 1 aromatic carbocycles. The Morgan fingerprint density at radius 1 is 1.30 bits per heavy atom. The van der Waals surface area contributed by atoms with Crippen molar-refractivity contribution in [3.63, 3.8) is 0 Å². The van der Waals surface area contributed by atoms with Gasteiger partial charge >= 0.3 is 0 Å². The zero-order valence-electron chi connectivity index (χ0n) is 13.3.